The third-order valence-corrected chi connectivity index (χ3v) is 6.86. The number of rotatable bonds is 5. The Morgan fingerprint density at radius 2 is 2.04 bits per heavy atom. The largest absolute Gasteiger partial charge is 0.481 e. The second-order valence-electron chi connectivity index (χ2n) is 9.14. The third-order valence-electron chi connectivity index (χ3n) is 6.49. The van der Waals surface area contributed by atoms with Gasteiger partial charge in [-0.05, 0) is 69.6 Å². The van der Waals surface area contributed by atoms with Crippen LogP contribution in [0.4, 0.5) is 5.69 Å². The minimum atomic E-state index is -0.739. The summed E-state index contributed by atoms with van der Waals surface area (Å²) in [6, 6.07) is 0.155. The van der Waals surface area contributed by atoms with Crippen LogP contribution in [0.5, 0.6) is 0 Å². The van der Waals surface area contributed by atoms with E-state index in [1.54, 1.807) is 10.9 Å². The number of carboxylic acid groups (broad SMARTS) is 1. The average Bonchev–Trinajstić information content (AvgIpc) is 2.48. The highest BCUT2D eigenvalue weighted by atomic mass is 35.5. The van der Waals surface area contributed by atoms with Gasteiger partial charge in [0.15, 0.2) is 0 Å². The van der Waals surface area contributed by atoms with Gasteiger partial charge in [0.2, 0.25) is 0 Å². The van der Waals surface area contributed by atoms with Crippen LogP contribution in [0.15, 0.2) is 11.0 Å². The van der Waals surface area contributed by atoms with Crippen LogP contribution in [0.3, 0.4) is 0 Å². The van der Waals surface area contributed by atoms with Gasteiger partial charge in [0.1, 0.15) is 5.02 Å². The Labute approximate surface area is 157 Å². The average molecular weight is 380 g/mol. The first-order chi connectivity index (χ1) is 12.2. The summed E-state index contributed by atoms with van der Waals surface area (Å²) in [5.74, 6) is 0.227. The van der Waals surface area contributed by atoms with Crippen LogP contribution in [-0.4, -0.2) is 26.9 Å². The first-order valence-corrected chi connectivity index (χ1v) is 9.86. The van der Waals surface area contributed by atoms with E-state index in [9.17, 15) is 14.7 Å². The number of aromatic nitrogens is 2. The molecule has 6 nitrogen and oxygen atoms in total. The summed E-state index contributed by atoms with van der Waals surface area (Å²) in [4.78, 5) is 24.5. The number of anilines is 1. The summed E-state index contributed by atoms with van der Waals surface area (Å²) in [5, 5.41) is 17.3. The maximum Gasteiger partial charge on any atom is 0.303 e. The summed E-state index contributed by atoms with van der Waals surface area (Å²) >= 11 is 6.37. The Hall–Kier alpha value is -1.56. The zero-order valence-electron chi connectivity index (χ0n) is 15.3. The second-order valence-corrected chi connectivity index (χ2v) is 9.52. The minimum Gasteiger partial charge on any atom is -0.481 e. The fourth-order valence-electron chi connectivity index (χ4n) is 6.36. The van der Waals surface area contributed by atoms with E-state index < -0.39 is 5.97 Å². The Balaban J connectivity index is 1.74. The van der Waals surface area contributed by atoms with E-state index in [0.717, 1.165) is 38.5 Å². The number of carboxylic acids is 1. The van der Waals surface area contributed by atoms with E-state index in [0.29, 0.717) is 17.5 Å². The molecule has 4 fully saturated rings. The van der Waals surface area contributed by atoms with Crippen LogP contribution in [0.1, 0.15) is 58.8 Å². The smallest absolute Gasteiger partial charge is 0.303 e. The Kier molecular flexibility index (Phi) is 4.10. The molecule has 0 amide bonds. The molecule has 0 aromatic carbocycles. The minimum absolute atomic E-state index is 0.155. The number of carbonyl (C=O) groups is 1. The number of hydrogen-bond acceptors (Lipinski definition) is 4. The topological polar surface area (TPSA) is 84.2 Å². The van der Waals surface area contributed by atoms with E-state index >= 15 is 0 Å². The molecule has 0 radical (unpaired) electrons. The molecule has 2 unspecified atom stereocenters. The van der Waals surface area contributed by atoms with Gasteiger partial charge in [0.25, 0.3) is 5.56 Å². The molecular formula is C19H26ClN3O3. The first-order valence-electron chi connectivity index (χ1n) is 9.49. The zero-order chi connectivity index (χ0) is 18.7. The van der Waals surface area contributed by atoms with Gasteiger partial charge in [0.05, 0.1) is 23.8 Å². The molecule has 2 N–H and O–H groups in total. The van der Waals surface area contributed by atoms with Crippen LogP contribution < -0.4 is 10.9 Å². The van der Waals surface area contributed by atoms with Gasteiger partial charge in [-0.15, -0.1) is 0 Å². The molecule has 0 spiro atoms. The highest BCUT2D eigenvalue weighted by Crippen LogP contribution is 2.65. The standard InChI is InChI=1S/C19H26ClN3O3/c1-11(2)22-14-9-21-23(17(26)16(14)20)19-6-12-3-13(7-19)5-18(4-12,10-19)8-15(24)25/h9,11-13,22H,3-8,10H2,1-2H3,(H,24,25). The van der Waals surface area contributed by atoms with Crippen molar-refractivity contribution in [2.45, 2.75) is 70.4 Å². The number of nitrogens with zero attached hydrogens (tertiary/aromatic N) is 2. The highest BCUT2D eigenvalue weighted by molar-refractivity contribution is 6.32. The van der Waals surface area contributed by atoms with E-state index in [1.807, 2.05) is 13.8 Å². The van der Waals surface area contributed by atoms with Crippen molar-refractivity contribution in [1.29, 1.82) is 0 Å². The van der Waals surface area contributed by atoms with E-state index in [4.69, 9.17) is 11.6 Å². The second kappa shape index (κ2) is 5.98. The summed E-state index contributed by atoms with van der Waals surface area (Å²) in [6.07, 6.45) is 7.46. The van der Waals surface area contributed by atoms with Crippen molar-refractivity contribution in [3.63, 3.8) is 0 Å². The Bertz CT molecular complexity index is 790. The SMILES string of the molecule is CC(C)Nc1cnn(C23CC4CC(CC(CC(=O)O)(C4)C2)C3)c(=O)c1Cl. The number of halogens is 1. The van der Waals surface area contributed by atoms with Gasteiger partial charge in [0, 0.05) is 6.04 Å². The number of hydrogen-bond donors (Lipinski definition) is 2. The van der Waals surface area contributed by atoms with Crippen molar-refractivity contribution in [3.05, 3.63) is 21.6 Å². The van der Waals surface area contributed by atoms with E-state index in [-0.39, 0.29) is 34.0 Å². The molecule has 1 heterocycles. The molecule has 1 aromatic rings. The lowest BCUT2D eigenvalue weighted by atomic mass is 9.46. The van der Waals surface area contributed by atoms with Crippen molar-refractivity contribution >= 4 is 23.3 Å². The Morgan fingerprint density at radius 1 is 1.38 bits per heavy atom. The van der Waals surface area contributed by atoms with Gasteiger partial charge in [-0.25, -0.2) is 4.68 Å². The van der Waals surface area contributed by atoms with Crippen LogP contribution in [0.25, 0.3) is 0 Å². The molecule has 142 valence electrons. The van der Waals surface area contributed by atoms with Gasteiger partial charge in [-0.3, -0.25) is 9.59 Å². The molecule has 4 saturated carbocycles. The molecule has 0 aliphatic heterocycles. The van der Waals surface area contributed by atoms with Crippen molar-refractivity contribution in [1.82, 2.24) is 9.78 Å². The molecule has 26 heavy (non-hydrogen) atoms. The van der Waals surface area contributed by atoms with Crippen molar-refractivity contribution in [3.8, 4) is 0 Å². The van der Waals surface area contributed by atoms with Gasteiger partial charge >= 0.3 is 5.97 Å². The Morgan fingerprint density at radius 3 is 2.62 bits per heavy atom. The van der Waals surface area contributed by atoms with Crippen molar-refractivity contribution < 1.29 is 9.90 Å². The molecular weight excluding hydrogens is 354 g/mol. The predicted octanol–water partition coefficient (Wildman–Crippen LogP) is 3.49. The zero-order valence-corrected chi connectivity index (χ0v) is 16.1. The molecule has 4 aliphatic carbocycles. The predicted molar refractivity (Wildman–Crippen MR) is 99.6 cm³/mol. The number of aliphatic carboxylic acids is 1. The fourth-order valence-corrected chi connectivity index (χ4v) is 6.54. The summed E-state index contributed by atoms with van der Waals surface area (Å²) in [7, 11) is 0. The van der Waals surface area contributed by atoms with Gasteiger partial charge < -0.3 is 10.4 Å². The quantitative estimate of drug-likeness (QED) is 0.818. The monoisotopic (exact) mass is 379 g/mol. The van der Waals surface area contributed by atoms with Crippen LogP contribution in [0.2, 0.25) is 5.02 Å². The lowest BCUT2D eigenvalue weighted by molar-refractivity contribution is -0.151. The summed E-state index contributed by atoms with van der Waals surface area (Å²) in [5.41, 5.74) is -0.271. The summed E-state index contributed by atoms with van der Waals surface area (Å²) in [6.45, 7) is 3.97. The lowest BCUT2D eigenvalue weighted by Gasteiger charge is -2.61. The van der Waals surface area contributed by atoms with Crippen LogP contribution in [-0.2, 0) is 10.3 Å². The highest BCUT2D eigenvalue weighted by Gasteiger charge is 2.59. The fraction of sp³-hybridized carbons (Fsp3) is 0.737. The molecule has 0 saturated heterocycles. The number of nitrogens with one attached hydrogen (secondary N) is 1. The van der Waals surface area contributed by atoms with Crippen molar-refractivity contribution in [2.24, 2.45) is 17.3 Å². The lowest BCUT2D eigenvalue weighted by Crippen LogP contribution is -2.59. The molecule has 1 aromatic heterocycles. The van der Waals surface area contributed by atoms with E-state index in [2.05, 4.69) is 10.4 Å². The van der Waals surface area contributed by atoms with E-state index in [1.165, 1.54) is 0 Å². The van der Waals surface area contributed by atoms with Gasteiger partial charge in [-0.1, -0.05) is 11.6 Å². The molecule has 2 atom stereocenters. The maximum absolute atomic E-state index is 13.0. The van der Waals surface area contributed by atoms with Crippen LogP contribution in [0, 0.1) is 17.3 Å². The van der Waals surface area contributed by atoms with Gasteiger partial charge in [-0.2, -0.15) is 5.10 Å². The van der Waals surface area contributed by atoms with Crippen molar-refractivity contribution in [2.75, 3.05) is 5.32 Å². The molecule has 4 bridgehead atoms. The maximum atomic E-state index is 13.0. The van der Waals surface area contributed by atoms with Crippen LogP contribution >= 0.6 is 11.6 Å². The first kappa shape index (κ1) is 17.8. The molecule has 7 heteroatoms. The summed E-state index contributed by atoms with van der Waals surface area (Å²) < 4.78 is 1.59. The molecule has 4 aliphatic rings. The third kappa shape index (κ3) is 2.82. The molecule has 5 rings (SSSR count). The normalized spacial score (nSPS) is 35.1.